The molecule has 3 rings (SSSR count). The van der Waals surface area contributed by atoms with Gasteiger partial charge in [0.1, 0.15) is 0 Å². The minimum absolute atomic E-state index is 0.0299. The third-order valence-corrected chi connectivity index (χ3v) is 4.64. The molecule has 0 aliphatic rings. The number of amides is 1. The van der Waals surface area contributed by atoms with E-state index in [1.165, 1.54) is 19.1 Å². The van der Waals surface area contributed by atoms with Crippen LogP contribution in [0, 0.1) is 21.4 Å². The van der Waals surface area contributed by atoms with Crippen LogP contribution in [-0.4, -0.2) is 25.5 Å². The summed E-state index contributed by atoms with van der Waals surface area (Å²) in [5.74, 6) is -0.0892. The molecule has 0 aliphatic carbocycles. The van der Waals surface area contributed by atoms with Crippen molar-refractivity contribution < 1.29 is 9.72 Å². The first kappa shape index (κ1) is 20.7. The maximum absolute atomic E-state index is 12.3. The van der Waals surface area contributed by atoms with Gasteiger partial charge in [0.2, 0.25) is 5.91 Å². The second-order valence-corrected chi connectivity index (χ2v) is 6.84. The molecule has 30 heavy (non-hydrogen) atoms. The zero-order valence-corrected chi connectivity index (χ0v) is 16.6. The number of aryl methyl sites for hydroxylation is 1. The van der Waals surface area contributed by atoms with Gasteiger partial charge in [-0.05, 0) is 5.56 Å². The predicted octanol–water partition coefficient (Wildman–Crippen LogP) is 3.92. The van der Waals surface area contributed by atoms with Gasteiger partial charge < -0.3 is 4.90 Å². The SMILES string of the molecule is CC(=O)N(Cc1ccccc1)Cc1cn(CCC#N)nc1-c1cccc([N+](=O)[O-])c1. The molecule has 0 saturated carbocycles. The number of nitrogens with zero attached hydrogens (tertiary/aromatic N) is 5. The fourth-order valence-electron chi connectivity index (χ4n) is 3.16. The molecule has 0 fully saturated rings. The molecule has 8 nitrogen and oxygen atoms in total. The van der Waals surface area contributed by atoms with Gasteiger partial charge in [0, 0.05) is 49.5 Å². The van der Waals surface area contributed by atoms with E-state index in [4.69, 9.17) is 5.26 Å². The predicted molar refractivity (Wildman–Crippen MR) is 111 cm³/mol. The molecule has 1 aromatic heterocycles. The summed E-state index contributed by atoms with van der Waals surface area (Å²) < 4.78 is 1.65. The topological polar surface area (TPSA) is 105 Å². The number of hydrogen-bond acceptors (Lipinski definition) is 5. The first-order valence-corrected chi connectivity index (χ1v) is 9.45. The van der Waals surface area contributed by atoms with Crippen LogP contribution in [0.15, 0.2) is 60.8 Å². The first-order valence-electron chi connectivity index (χ1n) is 9.45. The van der Waals surface area contributed by atoms with E-state index in [0.29, 0.717) is 30.9 Å². The van der Waals surface area contributed by atoms with Crippen molar-refractivity contribution >= 4 is 11.6 Å². The molecule has 0 unspecified atom stereocenters. The van der Waals surface area contributed by atoms with E-state index in [-0.39, 0.29) is 18.0 Å². The molecule has 0 N–H and O–H groups in total. The maximum Gasteiger partial charge on any atom is 0.270 e. The van der Waals surface area contributed by atoms with Crippen LogP contribution < -0.4 is 0 Å². The van der Waals surface area contributed by atoms with Gasteiger partial charge in [-0.25, -0.2) is 0 Å². The molecule has 1 heterocycles. The summed E-state index contributed by atoms with van der Waals surface area (Å²) in [6, 6.07) is 18.0. The lowest BCUT2D eigenvalue weighted by Crippen LogP contribution is -2.27. The Morgan fingerprint density at radius 1 is 1.20 bits per heavy atom. The van der Waals surface area contributed by atoms with E-state index in [0.717, 1.165) is 11.1 Å². The van der Waals surface area contributed by atoms with Crippen LogP contribution in [0.3, 0.4) is 0 Å². The monoisotopic (exact) mass is 403 g/mol. The van der Waals surface area contributed by atoms with Crippen LogP contribution in [-0.2, 0) is 24.4 Å². The Bertz CT molecular complexity index is 1090. The van der Waals surface area contributed by atoms with Gasteiger partial charge in [0.05, 0.1) is 29.7 Å². The lowest BCUT2D eigenvalue weighted by molar-refractivity contribution is -0.384. The van der Waals surface area contributed by atoms with Gasteiger partial charge in [-0.1, -0.05) is 42.5 Å². The molecule has 0 aliphatic heterocycles. The van der Waals surface area contributed by atoms with Gasteiger partial charge in [-0.15, -0.1) is 0 Å². The summed E-state index contributed by atoms with van der Waals surface area (Å²) in [4.78, 5) is 24.7. The molecule has 0 saturated heterocycles. The smallest absolute Gasteiger partial charge is 0.270 e. The Balaban J connectivity index is 1.96. The van der Waals surface area contributed by atoms with Crippen LogP contribution in [0.2, 0.25) is 0 Å². The molecular formula is C22H21N5O3. The third kappa shape index (κ3) is 5.08. The molecule has 8 heteroatoms. The van der Waals surface area contributed by atoms with Crippen LogP contribution in [0.1, 0.15) is 24.5 Å². The summed E-state index contributed by atoms with van der Waals surface area (Å²) in [7, 11) is 0. The van der Waals surface area contributed by atoms with Crippen LogP contribution in [0.5, 0.6) is 0 Å². The van der Waals surface area contributed by atoms with Gasteiger partial charge in [0.25, 0.3) is 5.69 Å². The highest BCUT2D eigenvalue weighted by Crippen LogP contribution is 2.27. The van der Waals surface area contributed by atoms with E-state index in [2.05, 4.69) is 11.2 Å². The van der Waals surface area contributed by atoms with E-state index in [1.54, 1.807) is 27.9 Å². The summed E-state index contributed by atoms with van der Waals surface area (Å²) >= 11 is 0. The fourth-order valence-corrected chi connectivity index (χ4v) is 3.16. The van der Waals surface area contributed by atoms with Gasteiger partial charge in [-0.2, -0.15) is 10.4 Å². The maximum atomic E-state index is 12.3. The van der Waals surface area contributed by atoms with Crippen molar-refractivity contribution in [3.63, 3.8) is 0 Å². The molecule has 0 atom stereocenters. The minimum atomic E-state index is -0.451. The van der Waals surface area contributed by atoms with Crippen molar-refractivity contribution in [3.8, 4) is 17.3 Å². The molecule has 1 amide bonds. The van der Waals surface area contributed by atoms with Crippen molar-refractivity contribution in [2.24, 2.45) is 0 Å². The largest absolute Gasteiger partial charge is 0.334 e. The Morgan fingerprint density at radius 2 is 1.97 bits per heavy atom. The van der Waals surface area contributed by atoms with Crippen molar-refractivity contribution in [2.75, 3.05) is 0 Å². The Hall–Kier alpha value is -3.99. The molecule has 0 spiro atoms. The number of nitro benzene ring substituents is 1. The lowest BCUT2D eigenvalue weighted by atomic mass is 10.1. The first-order chi connectivity index (χ1) is 14.5. The zero-order valence-electron chi connectivity index (χ0n) is 16.6. The van der Waals surface area contributed by atoms with Crippen LogP contribution in [0.25, 0.3) is 11.3 Å². The number of non-ortho nitro benzene ring substituents is 1. The summed E-state index contributed by atoms with van der Waals surface area (Å²) in [6.07, 6.45) is 2.09. The average Bonchev–Trinajstić information content (AvgIpc) is 3.15. The zero-order chi connectivity index (χ0) is 21.5. The highest BCUT2D eigenvalue weighted by molar-refractivity contribution is 5.74. The van der Waals surface area contributed by atoms with Crippen molar-refractivity contribution in [1.82, 2.24) is 14.7 Å². The number of carbonyl (C=O) groups is 1. The van der Waals surface area contributed by atoms with Crippen LogP contribution in [0.4, 0.5) is 5.69 Å². The highest BCUT2D eigenvalue weighted by atomic mass is 16.6. The Labute approximate surface area is 174 Å². The Kier molecular flexibility index (Phi) is 6.55. The molecule has 2 aromatic carbocycles. The summed E-state index contributed by atoms with van der Waals surface area (Å²) in [5, 5.41) is 24.6. The highest BCUT2D eigenvalue weighted by Gasteiger charge is 2.18. The van der Waals surface area contributed by atoms with E-state index in [1.807, 2.05) is 30.3 Å². The fraction of sp³-hybridized carbons (Fsp3) is 0.227. The number of carbonyl (C=O) groups excluding carboxylic acids is 1. The summed E-state index contributed by atoms with van der Waals surface area (Å²) in [5.41, 5.74) is 2.90. The van der Waals surface area contributed by atoms with E-state index in [9.17, 15) is 14.9 Å². The molecule has 0 radical (unpaired) electrons. The second kappa shape index (κ2) is 9.47. The number of nitriles is 1. The normalized spacial score (nSPS) is 10.4. The van der Waals surface area contributed by atoms with Gasteiger partial charge in [0.15, 0.2) is 0 Å². The molecule has 3 aromatic rings. The van der Waals surface area contributed by atoms with E-state index >= 15 is 0 Å². The number of benzene rings is 2. The average molecular weight is 403 g/mol. The standard InChI is InChI=1S/C22H21N5O3/c1-17(28)25(14-18-7-3-2-4-8-18)15-20-16-26(12-6-11-23)24-22(20)19-9-5-10-21(13-19)27(29)30/h2-5,7-10,13,16H,6,12,14-15H2,1H3. The van der Waals surface area contributed by atoms with Gasteiger partial charge in [-0.3, -0.25) is 19.6 Å². The van der Waals surface area contributed by atoms with Crippen molar-refractivity contribution in [3.05, 3.63) is 82.0 Å². The summed E-state index contributed by atoms with van der Waals surface area (Å²) in [6.45, 7) is 2.65. The Morgan fingerprint density at radius 3 is 2.63 bits per heavy atom. The quantitative estimate of drug-likeness (QED) is 0.419. The minimum Gasteiger partial charge on any atom is -0.334 e. The van der Waals surface area contributed by atoms with Crippen molar-refractivity contribution in [1.29, 1.82) is 5.26 Å². The number of nitro groups is 1. The number of hydrogen-bond donors (Lipinski definition) is 0. The second-order valence-electron chi connectivity index (χ2n) is 6.84. The molecule has 152 valence electrons. The number of rotatable bonds is 8. The van der Waals surface area contributed by atoms with Gasteiger partial charge >= 0.3 is 0 Å². The molecular weight excluding hydrogens is 382 g/mol. The van der Waals surface area contributed by atoms with E-state index < -0.39 is 4.92 Å². The third-order valence-electron chi connectivity index (χ3n) is 4.64. The lowest BCUT2D eigenvalue weighted by Gasteiger charge is -2.21. The molecule has 0 bridgehead atoms. The van der Waals surface area contributed by atoms with Crippen molar-refractivity contribution in [2.45, 2.75) is 33.0 Å². The van der Waals surface area contributed by atoms with Crippen LogP contribution >= 0.6 is 0 Å². The number of aromatic nitrogens is 2.